The molecule has 0 spiro atoms. The lowest BCUT2D eigenvalue weighted by Crippen LogP contribution is -2.18. The van der Waals surface area contributed by atoms with E-state index >= 15 is 0 Å². The van der Waals surface area contributed by atoms with Gasteiger partial charge in [0.2, 0.25) is 0 Å². The molecule has 0 saturated carbocycles. The molecule has 0 radical (unpaired) electrons. The van der Waals surface area contributed by atoms with Crippen molar-refractivity contribution < 1.29 is 14.3 Å². The highest BCUT2D eigenvalue weighted by atomic mass is 19.1. The number of para-hydroxylation sites is 1. The fraction of sp³-hybridized carbons (Fsp3) is 0.188. The lowest BCUT2D eigenvalue weighted by molar-refractivity contribution is 0.102. The molecule has 2 aromatic carbocycles. The predicted molar refractivity (Wildman–Crippen MR) is 79.8 cm³/mol. The zero-order valence-corrected chi connectivity index (χ0v) is 11.7. The van der Waals surface area contributed by atoms with Gasteiger partial charge in [-0.2, -0.15) is 0 Å². The first-order valence-corrected chi connectivity index (χ1v) is 6.71. The molecule has 0 aliphatic carbocycles. The highest BCUT2D eigenvalue weighted by Crippen LogP contribution is 2.22. The Morgan fingerprint density at radius 2 is 1.95 bits per heavy atom. The molecule has 0 atom stereocenters. The van der Waals surface area contributed by atoms with Gasteiger partial charge in [-0.1, -0.05) is 31.2 Å². The summed E-state index contributed by atoms with van der Waals surface area (Å²) in [6, 6.07) is 11.0. The van der Waals surface area contributed by atoms with E-state index in [1.54, 1.807) is 12.1 Å². The Kier molecular flexibility index (Phi) is 4.90. The fourth-order valence-corrected chi connectivity index (χ4v) is 1.98. The average molecular weight is 288 g/mol. The second-order valence-corrected chi connectivity index (χ2v) is 4.53. The fourth-order valence-electron chi connectivity index (χ4n) is 1.98. The van der Waals surface area contributed by atoms with Crippen LogP contribution in [-0.4, -0.2) is 17.6 Å². The van der Waals surface area contributed by atoms with E-state index in [0.29, 0.717) is 12.2 Å². The van der Waals surface area contributed by atoms with Gasteiger partial charge in [0.15, 0.2) is 0 Å². The summed E-state index contributed by atoms with van der Waals surface area (Å²) in [4.78, 5) is 12.2. The number of carbonyl (C=O) groups excluding carboxylic acids is 1. The predicted octanol–water partition coefficient (Wildman–Crippen LogP) is 2.89. The molecule has 110 valence electrons. The third-order valence-corrected chi connectivity index (χ3v) is 3.05. The molecule has 0 bridgehead atoms. The number of nitrogens with one attached hydrogen (secondary N) is 2. The quantitative estimate of drug-likeness (QED) is 0.793. The SMILES string of the molecule is CCNCc1ccccc1NC(=O)c1c(O)cccc1F. The summed E-state index contributed by atoms with van der Waals surface area (Å²) >= 11 is 0. The van der Waals surface area contributed by atoms with Crippen LogP contribution in [0.1, 0.15) is 22.8 Å². The van der Waals surface area contributed by atoms with Crippen molar-refractivity contribution in [3.63, 3.8) is 0 Å². The standard InChI is InChI=1S/C16H17FN2O2/c1-2-18-10-11-6-3-4-8-13(11)19-16(21)15-12(17)7-5-9-14(15)20/h3-9,18,20H,2,10H2,1H3,(H,19,21). The van der Waals surface area contributed by atoms with Crippen LogP contribution in [0.3, 0.4) is 0 Å². The lowest BCUT2D eigenvalue weighted by atomic mass is 10.1. The van der Waals surface area contributed by atoms with Crippen LogP contribution in [0.4, 0.5) is 10.1 Å². The van der Waals surface area contributed by atoms with Crippen LogP contribution < -0.4 is 10.6 Å². The minimum Gasteiger partial charge on any atom is -0.507 e. The van der Waals surface area contributed by atoms with Crippen molar-refractivity contribution in [3.05, 3.63) is 59.4 Å². The van der Waals surface area contributed by atoms with Crippen LogP contribution in [0.5, 0.6) is 5.75 Å². The maximum Gasteiger partial charge on any atom is 0.262 e. The Morgan fingerprint density at radius 1 is 1.19 bits per heavy atom. The molecule has 0 aliphatic rings. The van der Waals surface area contributed by atoms with Crippen molar-refractivity contribution >= 4 is 11.6 Å². The van der Waals surface area contributed by atoms with Crippen LogP contribution in [0.25, 0.3) is 0 Å². The molecule has 0 fully saturated rings. The van der Waals surface area contributed by atoms with Crippen molar-refractivity contribution in [1.29, 1.82) is 0 Å². The number of phenols is 1. The van der Waals surface area contributed by atoms with Crippen molar-refractivity contribution in [3.8, 4) is 5.75 Å². The first-order valence-electron chi connectivity index (χ1n) is 6.71. The topological polar surface area (TPSA) is 61.4 Å². The Balaban J connectivity index is 2.24. The van der Waals surface area contributed by atoms with Gasteiger partial charge in [0, 0.05) is 12.2 Å². The zero-order chi connectivity index (χ0) is 15.2. The summed E-state index contributed by atoms with van der Waals surface area (Å²) in [6.45, 7) is 3.38. The van der Waals surface area contributed by atoms with Gasteiger partial charge >= 0.3 is 0 Å². The van der Waals surface area contributed by atoms with Gasteiger partial charge in [-0.05, 0) is 30.3 Å². The van der Waals surface area contributed by atoms with E-state index in [1.807, 2.05) is 19.1 Å². The van der Waals surface area contributed by atoms with Gasteiger partial charge < -0.3 is 15.7 Å². The highest BCUT2D eigenvalue weighted by molar-refractivity contribution is 6.06. The van der Waals surface area contributed by atoms with Crippen LogP contribution in [-0.2, 0) is 6.54 Å². The van der Waals surface area contributed by atoms with Gasteiger partial charge in [-0.15, -0.1) is 0 Å². The highest BCUT2D eigenvalue weighted by Gasteiger charge is 2.17. The van der Waals surface area contributed by atoms with Gasteiger partial charge in [-0.3, -0.25) is 4.79 Å². The van der Waals surface area contributed by atoms with Crippen molar-refractivity contribution in [2.45, 2.75) is 13.5 Å². The third kappa shape index (κ3) is 3.58. The first-order chi connectivity index (χ1) is 10.1. The normalized spacial score (nSPS) is 10.4. The molecular formula is C16H17FN2O2. The molecule has 0 aliphatic heterocycles. The van der Waals surface area contributed by atoms with E-state index in [4.69, 9.17) is 0 Å². The molecule has 3 N–H and O–H groups in total. The van der Waals surface area contributed by atoms with E-state index < -0.39 is 11.7 Å². The van der Waals surface area contributed by atoms with Gasteiger partial charge in [0.1, 0.15) is 17.1 Å². The largest absolute Gasteiger partial charge is 0.507 e. The Hall–Kier alpha value is -2.40. The summed E-state index contributed by atoms with van der Waals surface area (Å²) in [5.74, 6) is -1.80. The number of aromatic hydroxyl groups is 1. The number of amides is 1. The van der Waals surface area contributed by atoms with Gasteiger partial charge in [0.25, 0.3) is 5.91 Å². The minimum absolute atomic E-state index is 0.351. The summed E-state index contributed by atoms with van der Waals surface area (Å²) in [6.07, 6.45) is 0. The smallest absolute Gasteiger partial charge is 0.262 e. The summed E-state index contributed by atoms with van der Waals surface area (Å²) < 4.78 is 13.7. The number of anilines is 1. The van der Waals surface area contributed by atoms with Crippen LogP contribution in [0.2, 0.25) is 0 Å². The number of benzene rings is 2. The number of phenolic OH excluding ortho intramolecular Hbond substituents is 1. The lowest BCUT2D eigenvalue weighted by Gasteiger charge is -2.12. The second kappa shape index (κ2) is 6.85. The molecule has 0 saturated heterocycles. The van der Waals surface area contributed by atoms with E-state index in [0.717, 1.165) is 18.2 Å². The molecule has 0 aromatic heterocycles. The zero-order valence-electron chi connectivity index (χ0n) is 11.7. The second-order valence-electron chi connectivity index (χ2n) is 4.53. The van der Waals surface area contributed by atoms with Crippen LogP contribution in [0.15, 0.2) is 42.5 Å². The number of carbonyl (C=O) groups is 1. The van der Waals surface area contributed by atoms with Gasteiger partial charge in [-0.25, -0.2) is 4.39 Å². The van der Waals surface area contributed by atoms with E-state index in [2.05, 4.69) is 10.6 Å². The Morgan fingerprint density at radius 3 is 2.67 bits per heavy atom. The monoisotopic (exact) mass is 288 g/mol. The van der Waals surface area contributed by atoms with Crippen LogP contribution in [0, 0.1) is 5.82 Å². The van der Waals surface area contributed by atoms with Crippen molar-refractivity contribution in [2.24, 2.45) is 0 Å². The molecule has 2 aromatic rings. The Labute approximate surface area is 122 Å². The first kappa shape index (κ1) is 15.0. The van der Waals surface area contributed by atoms with Crippen LogP contribution >= 0.6 is 0 Å². The number of hydrogen-bond acceptors (Lipinski definition) is 3. The molecule has 5 heteroatoms. The maximum atomic E-state index is 13.7. The number of hydrogen-bond donors (Lipinski definition) is 3. The third-order valence-electron chi connectivity index (χ3n) is 3.05. The molecule has 1 amide bonds. The summed E-state index contributed by atoms with van der Waals surface area (Å²) in [7, 11) is 0. The average Bonchev–Trinajstić information content (AvgIpc) is 2.46. The molecular weight excluding hydrogens is 271 g/mol. The molecule has 4 nitrogen and oxygen atoms in total. The minimum atomic E-state index is -0.753. The Bertz CT molecular complexity index is 624. The van der Waals surface area contributed by atoms with Crippen molar-refractivity contribution in [1.82, 2.24) is 5.32 Å². The van der Waals surface area contributed by atoms with Gasteiger partial charge in [0.05, 0.1) is 0 Å². The molecule has 0 unspecified atom stereocenters. The number of halogens is 1. The van der Waals surface area contributed by atoms with E-state index in [9.17, 15) is 14.3 Å². The van der Waals surface area contributed by atoms with E-state index in [1.165, 1.54) is 12.1 Å². The molecule has 0 heterocycles. The molecule has 21 heavy (non-hydrogen) atoms. The summed E-state index contributed by atoms with van der Waals surface area (Å²) in [5, 5.41) is 15.4. The summed E-state index contributed by atoms with van der Waals surface area (Å²) in [5.41, 5.74) is 1.13. The number of rotatable bonds is 5. The van der Waals surface area contributed by atoms with E-state index in [-0.39, 0.29) is 11.3 Å². The van der Waals surface area contributed by atoms with Crippen molar-refractivity contribution in [2.75, 3.05) is 11.9 Å². The maximum absolute atomic E-state index is 13.7. The molecule has 2 rings (SSSR count).